The maximum Gasteiger partial charge on any atom is 0.225 e. The first-order valence-electron chi connectivity index (χ1n) is 11.7. The van der Waals surface area contributed by atoms with Crippen molar-refractivity contribution in [1.82, 2.24) is 20.4 Å². The summed E-state index contributed by atoms with van der Waals surface area (Å²) in [5.41, 5.74) is 0. The molecule has 2 saturated heterocycles. The summed E-state index contributed by atoms with van der Waals surface area (Å²) < 4.78 is 0. The molecule has 160 valence electrons. The Bertz CT molecular complexity index is 517. The number of hydrogen-bond donors (Lipinski definition) is 2. The molecule has 6 nitrogen and oxygen atoms in total. The summed E-state index contributed by atoms with van der Waals surface area (Å²) >= 11 is 0. The van der Waals surface area contributed by atoms with Gasteiger partial charge in [0.15, 0.2) is 5.96 Å². The normalized spacial score (nSPS) is 27.8. The van der Waals surface area contributed by atoms with Crippen molar-refractivity contribution >= 4 is 11.9 Å². The van der Waals surface area contributed by atoms with Crippen molar-refractivity contribution in [3.8, 4) is 0 Å². The highest BCUT2D eigenvalue weighted by molar-refractivity contribution is 5.81. The summed E-state index contributed by atoms with van der Waals surface area (Å²) in [7, 11) is 0. The largest absolute Gasteiger partial charge is 0.357 e. The highest BCUT2D eigenvalue weighted by Crippen LogP contribution is 2.26. The Labute approximate surface area is 171 Å². The van der Waals surface area contributed by atoms with E-state index in [1.54, 1.807) is 0 Å². The average Bonchev–Trinajstić information content (AvgIpc) is 3.18. The molecule has 1 saturated carbocycles. The van der Waals surface area contributed by atoms with E-state index < -0.39 is 0 Å². The SMILES string of the molecule is CCNC(=NCCN1CCCCC1C)NC1CCN(C(=O)C2CCCCC2)C1. The van der Waals surface area contributed by atoms with E-state index in [4.69, 9.17) is 4.99 Å². The topological polar surface area (TPSA) is 60.0 Å². The number of carbonyl (C=O) groups is 1. The summed E-state index contributed by atoms with van der Waals surface area (Å²) in [5, 5.41) is 6.96. The Balaban J connectivity index is 1.45. The van der Waals surface area contributed by atoms with Crippen molar-refractivity contribution in [3.05, 3.63) is 0 Å². The van der Waals surface area contributed by atoms with Crippen LogP contribution >= 0.6 is 0 Å². The number of carbonyl (C=O) groups excluding carboxylic acids is 1. The van der Waals surface area contributed by atoms with Crippen LogP contribution in [0.2, 0.25) is 0 Å². The second-order valence-corrected chi connectivity index (χ2v) is 8.89. The first-order chi connectivity index (χ1) is 13.7. The molecular formula is C22H41N5O. The highest BCUT2D eigenvalue weighted by Gasteiger charge is 2.31. The zero-order valence-corrected chi connectivity index (χ0v) is 18.1. The van der Waals surface area contributed by atoms with Crippen LogP contribution in [0, 0.1) is 5.92 Å². The first kappa shape index (κ1) is 21.4. The average molecular weight is 392 g/mol. The molecule has 3 fully saturated rings. The fourth-order valence-corrected chi connectivity index (χ4v) is 4.98. The number of piperidine rings is 1. The number of likely N-dealkylation sites (tertiary alicyclic amines) is 2. The van der Waals surface area contributed by atoms with Gasteiger partial charge in [-0.2, -0.15) is 0 Å². The zero-order valence-electron chi connectivity index (χ0n) is 18.1. The van der Waals surface area contributed by atoms with Gasteiger partial charge in [0.1, 0.15) is 0 Å². The molecule has 2 N–H and O–H groups in total. The fourth-order valence-electron chi connectivity index (χ4n) is 4.98. The molecule has 0 radical (unpaired) electrons. The fraction of sp³-hybridized carbons (Fsp3) is 0.909. The summed E-state index contributed by atoms with van der Waals surface area (Å²) in [4.78, 5) is 22.3. The smallest absolute Gasteiger partial charge is 0.225 e. The molecule has 0 bridgehead atoms. The lowest BCUT2D eigenvalue weighted by atomic mass is 9.88. The maximum atomic E-state index is 12.8. The van der Waals surface area contributed by atoms with E-state index in [0.717, 1.165) is 57.9 Å². The van der Waals surface area contributed by atoms with E-state index in [0.29, 0.717) is 18.0 Å². The van der Waals surface area contributed by atoms with Gasteiger partial charge in [-0.3, -0.25) is 14.7 Å². The first-order valence-corrected chi connectivity index (χ1v) is 11.7. The van der Waals surface area contributed by atoms with Crippen LogP contribution in [0.4, 0.5) is 0 Å². The van der Waals surface area contributed by atoms with Gasteiger partial charge in [0.2, 0.25) is 5.91 Å². The molecule has 2 unspecified atom stereocenters. The Kier molecular flexibility index (Phi) is 8.44. The van der Waals surface area contributed by atoms with Crippen LogP contribution in [0.5, 0.6) is 0 Å². The molecule has 0 spiro atoms. The summed E-state index contributed by atoms with van der Waals surface area (Å²) in [6.45, 7) is 10.1. The van der Waals surface area contributed by atoms with E-state index in [1.807, 2.05) is 0 Å². The molecule has 1 amide bonds. The van der Waals surface area contributed by atoms with Gasteiger partial charge >= 0.3 is 0 Å². The number of rotatable bonds is 6. The van der Waals surface area contributed by atoms with Crippen LogP contribution in [0.1, 0.15) is 71.6 Å². The van der Waals surface area contributed by atoms with Crippen molar-refractivity contribution in [2.45, 2.75) is 83.7 Å². The Morgan fingerprint density at radius 1 is 1.04 bits per heavy atom. The van der Waals surface area contributed by atoms with Crippen molar-refractivity contribution in [3.63, 3.8) is 0 Å². The van der Waals surface area contributed by atoms with Gasteiger partial charge in [0, 0.05) is 44.2 Å². The van der Waals surface area contributed by atoms with E-state index in [9.17, 15) is 4.79 Å². The minimum absolute atomic E-state index is 0.279. The molecule has 2 aliphatic heterocycles. The zero-order chi connectivity index (χ0) is 19.8. The second-order valence-electron chi connectivity index (χ2n) is 8.89. The van der Waals surface area contributed by atoms with E-state index in [1.165, 1.54) is 45.1 Å². The van der Waals surface area contributed by atoms with Crippen molar-refractivity contribution in [2.75, 3.05) is 39.3 Å². The van der Waals surface area contributed by atoms with Crippen LogP contribution in [-0.2, 0) is 4.79 Å². The van der Waals surface area contributed by atoms with Gasteiger partial charge in [-0.1, -0.05) is 25.7 Å². The lowest BCUT2D eigenvalue weighted by Crippen LogP contribution is -2.46. The molecule has 3 rings (SSSR count). The quantitative estimate of drug-likeness (QED) is 0.540. The van der Waals surface area contributed by atoms with Gasteiger partial charge in [-0.25, -0.2) is 0 Å². The number of aliphatic imine (C=N–C) groups is 1. The van der Waals surface area contributed by atoms with Gasteiger partial charge < -0.3 is 15.5 Å². The molecule has 3 aliphatic rings. The number of amides is 1. The number of nitrogens with one attached hydrogen (secondary N) is 2. The molecule has 2 atom stereocenters. The van der Waals surface area contributed by atoms with Crippen molar-refractivity contribution in [2.24, 2.45) is 10.9 Å². The number of guanidine groups is 1. The van der Waals surface area contributed by atoms with E-state index in [-0.39, 0.29) is 5.92 Å². The summed E-state index contributed by atoms with van der Waals surface area (Å²) in [6.07, 6.45) is 10.9. The van der Waals surface area contributed by atoms with Gasteiger partial charge in [0.25, 0.3) is 0 Å². The number of nitrogens with zero attached hydrogens (tertiary/aromatic N) is 3. The van der Waals surface area contributed by atoms with Crippen LogP contribution in [0.25, 0.3) is 0 Å². The molecule has 28 heavy (non-hydrogen) atoms. The Morgan fingerprint density at radius 2 is 1.82 bits per heavy atom. The highest BCUT2D eigenvalue weighted by atomic mass is 16.2. The third-order valence-electron chi connectivity index (χ3n) is 6.74. The Hall–Kier alpha value is -1.30. The van der Waals surface area contributed by atoms with Crippen LogP contribution in [-0.4, -0.2) is 73.0 Å². The minimum atomic E-state index is 0.279. The van der Waals surface area contributed by atoms with Crippen LogP contribution in [0.15, 0.2) is 4.99 Å². The summed E-state index contributed by atoms with van der Waals surface area (Å²) in [6, 6.07) is 1.01. The third kappa shape index (κ3) is 6.10. The monoisotopic (exact) mass is 391 g/mol. The van der Waals surface area contributed by atoms with Gasteiger partial charge in [-0.05, 0) is 52.5 Å². The predicted molar refractivity (Wildman–Crippen MR) is 116 cm³/mol. The maximum absolute atomic E-state index is 12.8. The minimum Gasteiger partial charge on any atom is -0.357 e. The number of hydrogen-bond acceptors (Lipinski definition) is 3. The van der Waals surface area contributed by atoms with Crippen molar-refractivity contribution < 1.29 is 4.79 Å². The summed E-state index contributed by atoms with van der Waals surface area (Å²) in [5.74, 6) is 1.58. The Morgan fingerprint density at radius 3 is 2.57 bits per heavy atom. The lowest BCUT2D eigenvalue weighted by molar-refractivity contribution is -0.135. The van der Waals surface area contributed by atoms with Crippen LogP contribution < -0.4 is 10.6 Å². The second kappa shape index (κ2) is 11.0. The molecule has 0 aromatic carbocycles. The lowest BCUT2D eigenvalue weighted by Gasteiger charge is -2.32. The molecule has 0 aromatic heterocycles. The standard InChI is InChI=1S/C22H41N5O/c1-3-23-22(24-13-16-26-14-8-7-9-18(26)2)25-20-12-15-27(17-20)21(28)19-10-5-4-6-11-19/h18-20H,3-17H2,1-2H3,(H2,23,24,25). The molecular weight excluding hydrogens is 350 g/mol. The predicted octanol–water partition coefficient (Wildman–Crippen LogP) is 2.60. The molecule has 2 heterocycles. The van der Waals surface area contributed by atoms with E-state index >= 15 is 0 Å². The van der Waals surface area contributed by atoms with Crippen molar-refractivity contribution in [1.29, 1.82) is 0 Å². The third-order valence-corrected chi connectivity index (χ3v) is 6.74. The molecule has 6 heteroatoms. The van der Waals surface area contributed by atoms with Gasteiger partial charge in [-0.15, -0.1) is 0 Å². The molecule has 1 aliphatic carbocycles. The van der Waals surface area contributed by atoms with E-state index in [2.05, 4.69) is 34.3 Å². The molecule has 0 aromatic rings. The van der Waals surface area contributed by atoms with Crippen LogP contribution in [0.3, 0.4) is 0 Å². The van der Waals surface area contributed by atoms with Gasteiger partial charge in [0.05, 0.1) is 6.54 Å².